The Morgan fingerprint density at radius 2 is 1.88 bits per heavy atom. The monoisotopic (exact) mass is 254 g/mol. The van der Waals surface area contributed by atoms with Crippen LogP contribution in [-0.4, -0.2) is 37.6 Å². The maximum atomic E-state index is 12.5. The molecule has 2 rings (SSSR count). The van der Waals surface area contributed by atoms with Crippen molar-refractivity contribution in [1.82, 2.24) is 0 Å². The average molecular weight is 254 g/mol. The van der Waals surface area contributed by atoms with Gasteiger partial charge in [0.05, 0.1) is 21.1 Å². The van der Waals surface area contributed by atoms with Crippen LogP contribution in [0.15, 0.2) is 40.7 Å². The number of hydrogen-bond acceptors (Lipinski definition) is 4. The van der Waals surface area contributed by atoms with Gasteiger partial charge in [-0.05, 0) is 0 Å². The maximum Gasteiger partial charge on any atom is 0.348 e. The Hall–Kier alpha value is -1.19. The van der Waals surface area contributed by atoms with Gasteiger partial charge in [0.15, 0.2) is 14.3 Å². The second-order valence-electron chi connectivity index (χ2n) is 5.20. The fourth-order valence-corrected chi connectivity index (χ4v) is 3.64. The molecule has 0 aromatic heterocycles. The molecule has 0 saturated heterocycles. The van der Waals surface area contributed by atoms with E-state index in [0.29, 0.717) is 11.0 Å². The zero-order valence-electron chi connectivity index (χ0n) is 10.3. The first-order chi connectivity index (χ1) is 7.93. The summed E-state index contributed by atoms with van der Waals surface area (Å²) < 4.78 is 13.2. The van der Waals surface area contributed by atoms with Crippen LogP contribution < -0.4 is 5.30 Å². The van der Waals surface area contributed by atoms with Gasteiger partial charge in [-0.3, -0.25) is 0 Å². The van der Waals surface area contributed by atoms with Crippen molar-refractivity contribution in [3.05, 3.63) is 30.3 Å². The summed E-state index contributed by atoms with van der Waals surface area (Å²) >= 11 is 0. The van der Waals surface area contributed by atoms with Gasteiger partial charge < -0.3 is 13.9 Å². The van der Waals surface area contributed by atoms with Crippen LogP contribution in [0.2, 0.25) is 0 Å². The summed E-state index contributed by atoms with van der Waals surface area (Å²) in [5.74, 6) is 0. The lowest BCUT2D eigenvalue weighted by Gasteiger charge is -2.36. The highest BCUT2D eigenvalue weighted by molar-refractivity contribution is 7.55. The van der Waals surface area contributed by atoms with E-state index in [-0.39, 0.29) is 0 Å². The molecule has 0 N–H and O–H groups in total. The summed E-state index contributed by atoms with van der Waals surface area (Å²) in [7, 11) is 3.89. The summed E-state index contributed by atoms with van der Waals surface area (Å²) in [6, 6.07) is 9.32. The molecule has 0 aliphatic carbocycles. The number of rotatable bonds is 4. The molecule has 0 amide bonds. The van der Waals surface area contributed by atoms with Crippen LogP contribution in [0.3, 0.4) is 0 Å². The molecule has 1 heterocycles. The minimum atomic E-state index is -2.15. The van der Waals surface area contributed by atoms with Crippen molar-refractivity contribution in [3.63, 3.8) is 0 Å². The Morgan fingerprint density at radius 1 is 1.29 bits per heavy atom. The molecule has 1 aliphatic rings. The van der Waals surface area contributed by atoms with Gasteiger partial charge in [0.1, 0.15) is 0 Å². The number of hydrogen-bond donors (Lipinski definition) is 0. The van der Waals surface area contributed by atoms with Crippen LogP contribution >= 0.6 is 7.80 Å². The lowest BCUT2D eigenvalue weighted by atomic mass is 10.4. The van der Waals surface area contributed by atoms with Crippen LogP contribution in [0.5, 0.6) is 0 Å². The van der Waals surface area contributed by atoms with Crippen molar-refractivity contribution in [3.8, 4) is 0 Å². The Balaban J connectivity index is 2.26. The van der Waals surface area contributed by atoms with Crippen molar-refractivity contribution < 1.29 is 13.9 Å². The lowest BCUT2D eigenvalue weighted by Crippen LogP contribution is -2.50. The van der Waals surface area contributed by atoms with Crippen LogP contribution in [0.25, 0.3) is 0 Å². The molecule has 2 unspecified atom stereocenters. The predicted octanol–water partition coefficient (Wildman–Crippen LogP) is 1.63. The summed E-state index contributed by atoms with van der Waals surface area (Å²) in [6.07, 6.45) is 0. The lowest BCUT2D eigenvalue weighted by molar-refractivity contribution is -0.876. The molecule has 0 radical (unpaired) electrons. The third-order valence-corrected chi connectivity index (χ3v) is 4.39. The van der Waals surface area contributed by atoms with E-state index in [9.17, 15) is 4.57 Å². The van der Waals surface area contributed by atoms with Gasteiger partial charge in [0, 0.05) is 10.6 Å². The summed E-state index contributed by atoms with van der Waals surface area (Å²) in [5, 5.41) is 8.21. The van der Waals surface area contributed by atoms with Crippen LogP contribution in [0, 0.1) is 0 Å². The quantitative estimate of drug-likeness (QED) is 0.605. The van der Waals surface area contributed by atoms with Crippen molar-refractivity contribution in [2.45, 2.75) is 5.47 Å². The fourth-order valence-electron chi connectivity index (χ4n) is 1.82. The Morgan fingerprint density at radius 3 is 2.29 bits per heavy atom. The smallest absolute Gasteiger partial charge is 0.332 e. The molecule has 0 spiro atoms. The van der Waals surface area contributed by atoms with Crippen molar-refractivity contribution in [2.75, 3.05) is 27.7 Å². The molecule has 0 bridgehead atoms. The van der Waals surface area contributed by atoms with E-state index in [1.54, 1.807) is 0 Å². The molecule has 0 saturated carbocycles. The van der Waals surface area contributed by atoms with Crippen LogP contribution in [0.1, 0.15) is 0 Å². The first kappa shape index (κ1) is 12.3. The summed E-state index contributed by atoms with van der Waals surface area (Å²) in [5.41, 5.74) is -0.954. The van der Waals surface area contributed by atoms with Gasteiger partial charge in [-0.2, -0.15) is 0 Å². The van der Waals surface area contributed by atoms with Crippen molar-refractivity contribution in [1.29, 1.82) is 0 Å². The molecular weight excluding hydrogens is 237 g/mol. The molecule has 6 heteroatoms. The van der Waals surface area contributed by atoms with Gasteiger partial charge in [0.25, 0.3) is 0 Å². The molecule has 0 fully saturated rings. The topological polar surface area (TPSA) is 51.0 Å². The summed E-state index contributed by atoms with van der Waals surface area (Å²) in [6.45, 7) is 0.545. The van der Waals surface area contributed by atoms with E-state index in [4.69, 9.17) is 4.84 Å². The second-order valence-corrected chi connectivity index (χ2v) is 7.22. The minimum Gasteiger partial charge on any atom is -0.332 e. The first-order valence-corrected chi connectivity index (χ1v) is 6.84. The van der Waals surface area contributed by atoms with Gasteiger partial charge in [0.2, 0.25) is 0 Å². The minimum absolute atomic E-state index is 0.545. The molecule has 2 atom stereocenters. The van der Waals surface area contributed by atoms with E-state index in [2.05, 4.69) is 10.4 Å². The number of likely N-dealkylation sites (N-methyl/N-ethyl adjacent to an activating group) is 1. The normalized spacial score (nSPS) is 24.9. The third kappa shape index (κ3) is 2.56. The molecular formula is C11H17N3O2P+. The Labute approximate surface area is 101 Å². The zero-order chi connectivity index (χ0) is 12.5. The van der Waals surface area contributed by atoms with E-state index in [1.807, 2.05) is 51.5 Å². The fraction of sp³-hybridized carbons (Fsp3) is 0.455. The standard InChI is InChI=1S/C11H17N3O2P/c1-14(2,3)9-11(12-13-16-11)17(15)10-7-5-4-6-8-10/h4-8,17H,9H2,1-3H3/q+1. The van der Waals surface area contributed by atoms with E-state index < -0.39 is 13.3 Å². The number of quaternary nitrogens is 1. The van der Waals surface area contributed by atoms with Gasteiger partial charge in [-0.25, -0.2) is 0 Å². The van der Waals surface area contributed by atoms with Crippen molar-refractivity contribution in [2.24, 2.45) is 10.4 Å². The van der Waals surface area contributed by atoms with Crippen molar-refractivity contribution >= 4 is 13.1 Å². The maximum absolute atomic E-state index is 12.5. The molecule has 92 valence electrons. The second kappa shape index (κ2) is 4.24. The molecule has 5 nitrogen and oxygen atoms in total. The highest BCUT2D eigenvalue weighted by Gasteiger charge is 2.50. The van der Waals surface area contributed by atoms with E-state index in [0.717, 1.165) is 5.30 Å². The van der Waals surface area contributed by atoms with E-state index in [1.165, 1.54) is 0 Å². The zero-order valence-corrected chi connectivity index (χ0v) is 11.3. The highest BCUT2D eigenvalue weighted by atomic mass is 31.1. The SMILES string of the molecule is C[N+](C)(C)CC1([PH](=O)c2ccccc2)N=NO1. The third-order valence-electron chi connectivity index (χ3n) is 2.47. The molecule has 17 heavy (non-hydrogen) atoms. The molecule has 1 aromatic rings. The Bertz CT molecular complexity index is 456. The van der Waals surface area contributed by atoms with Gasteiger partial charge in [-0.15, -0.1) is 0 Å². The highest BCUT2D eigenvalue weighted by Crippen LogP contribution is 2.46. The van der Waals surface area contributed by atoms with E-state index >= 15 is 0 Å². The molecule has 1 aliphatic heterocycles. The summed E-state index contributed by atoms with van der Waals surface area (Å²) in [4.78, 5) is 5.19. The largest absolute Gasteiger partial charge is 0.348 e. The first-order valence-electron chi connectivity index (χ1n) is 5.44. The number of nitrogens with zero attached hydrogens (tertiary/aromatic N) is 3. The van der Waals surface area contributed by atoms with Gasteiger partial charge >= 0.3 is 5.47 Å². The van der Waals surface area contributed by atoms with Gasteiger partial charge in [-0.1, -0.05) is 35.4 Å². The number of benzene rings is 1. The Kier molecular flexibility index (Phi) is 3.06. The van der Waals surface area contributed by atoms with Crippen LogP contribution in [0.4, 0.5) is 0 Å². The molecule has 1 aromatic carbocycles. The van der Waals surface area contributed by atoms with Crippen LogP contribution in [-0.2, 0) is 9.40 Å². The average Bonchev–Trinajstić information content (AvgIpc) is 2.23. The predicted molar refractivity (Wildman–Crippen MR) is 66.6 cm³/mol.